The van der Waals surface area contributed by atoms with Gasteiger partial charge in [-0.2, -0.15) is 18.5 Å². The molecule has 0 aliphatic rings. The zero-order valence-electron chi connectivity index (χ0n) is 16.9. The van der Waals surface area contributed by atoms with Crippen molar-refractivity contribution in [1.82, 2.24) is 19.6 Å². The molecule has 4 aromatic rings. The van der Waals surface area contributed by atoms with Gasteiger partial charge >= 0.3 is 10.4 Å². The third-order valence-electron chi connectivity index (χ3n) is 4.64. The molecule has 0 fully saturated rings. The summed E-state index contributed by atoms with van der Waals surface area (Å²) >= 11 is 0. The molecular formula is C19H19FN4O7S. The van der Waals surface area contributed by atoms with Crippen molar-refractivity contribution in [2.24, 2.45) is 0 Å². The molecule has 3 N–H and O–H groups in total. The molecule has 0 amide bonds. The summed E-state index contributed by atoms with van der Waals surface area (Å²) in [5, 5.41) is 13.6. The molecule has 1 aromatic carbocycles. The number of ether oxygens (including phenoxy) is 2. The van der Waals surface area contributed by atoms with Gasteiger partial charge in [0.2, 0.25) is 5.88 Å². The van der Waals surface area contributed by atoms with Crippen molar-refractivity contribution < 1.29 is 36.1 Å². The fourth-order valence-corrected chi connectivity index (χ4v) is 3.71. The highest BCUT2D eigenvalue weighted by Crippen LogP contribution is 2.34. The lowest BCUT2D eigenvalue weighted by Gasteiger charge is -2.11. The summed E-state index contributed by atoms with van der Waals surface area (Å²) in [5.74, 6) is -0.270. The average Bonchev–Trinajstić information content (AvgIpc) is 3.29. The number of hydrogen-bond acceptors (Lipinski definition) is 8. The lowest BCUT2D eigenvalue weighted by molar-refractivity contribution is 0.133. The third-order valence-corrected chi connectivity index (χ3v) is 5.21. The summed E-state index contributed by atoms with van der Waals surface area (Å²) in [6.45, 7) is 2.69. The minimum atomic E-state index is -4.60. The zero-order chi connectivity index (χ0) is 23.0. The van der Waals surface area contributed by atoms with Gasteiger partial charge < -0.3 is 19.6 Å². The van der Waals surface area contributed by atoms with Crippen LogP contribution in [0.15, 0.2) is 30.7 Å². The van der Waals surface area contributed by atoms with Crippen LogP contribution in [-0.2, 0) is 21.2 Å². The number of halogens is 1. The quantitative estimate of drug-likeness (QED) is 0.333. The third kappa shape index (κ3) is 4.36. The normalized spacial score (nSPS) is 13.0. The van der Waals surface area contributed by atoms with E-state index in [-0.39, 0.29) is 30.2 Å². The van der Waals surface area contributed by atoms with Gasteiger partial charge in [-0.3, -0.25) is 4.55 Å². The molecule has 0 saturated carbocycles. The van der Waals surface area contributed by atoms with E-state index in [9.17, 15) is 17.9 Å². The fourth-order valence-electron chi connectivity index (χ4n) is 3.24. The molecule has 1 atom stereocenters. The van der Waals surface area contributed by atoms with Gasteiger partial charge in [0.15, 0.2) is 11.6 Å². The predicted molar refractivity (Wildman–Crippen MR) is 110 cm³/mol. The van der Waals surface area contributed by atoms with Crippen LogP contribution in [-0.4, -0.2) is 50.4 Å². The number of aromatic nitrogens is 4. The first kappa shape index (κ1) is 22.0. The van der Waals surface area contributed by atoms with E-state index in [1.807, 2.05) is 0 Å². The number of aromatic amines is 1. The maximum absolute atomic E-state index is 15.0. The minimum absolute atomic E-state index is 0.0696. The van der Waals surface area contributed by atoms with Crippen molar-refractivity contribution in [3.05, 3.63) is 47.8 Å². The van der Waals surface area contributed by atoms with Crippen LogP contribution in [0.1, 0.15) is 18.2 Å². The van der Waals surface area contributed by atoms with Crippen molar-refractivity contribution >= 4 is 26.8 Å². The Bertz CT molecular complexity index is 1400. The van der Waals surface area contributed by atoms with Gasteiger partial charge in [-0.1, -0.05) is 0 Å². The number of aliphatic hydroxyl groups is 1. The highest BCUT2D eigenvalue weighted by Gasteiger charge is 2.20. The van der Waals surface area contributed by atoms with E-state index in [1.54, 1.807) is 13.0 Å². The Labute approximate surface area is 181 Å². The minimum Gasteiger partial charge on any atom is -0.489 e. The second kappa shape index (κ2) is 8.35. The summed E-state index contributed by atoms with van der Waals surface area (Å²) < 4.78 is 62.5. The molecule has 32 heavy (non-hydrogen) atoms. The average molecular weight is 466 g/mol. The number of rotatable bonds is 8. The molecule has 0 saturated heterocycles. The smallest absolute Gasteiger partial charge is 0.397 e. The summed E-state index contributed by atoms with van der Waals surface area (Å²) in [7, 11) is -4.60. The molecule has 0 radical (unpaired) electrons. The van der Waals surface area contributed by atoms with Crippen LogP contribution < -0.4 is 9.47 Å². The molecule has 3 aromatic heterocycles. The van der Waals surface area contributed by atoms with Crippen molar-refractivity contribution in [2.75, 3.05) is 6.61 Å². The number of nitrogens with one attached hydrogen (secondary N) is 1. The van der Waals surface area contributed by atoms with Crippen molar-refractivity contribution in [3.8, 4) is 17.4 Å². The summed E-state index contributed by atoms with van der Waals surface area (Å²) in [6.07, 6.45) is 1.81. The molecule has 11 nitrogen and oxygen atoms in total. The Hall–Kier alpha value is -3.26. The maximum atomic E-state index is 15.0. The SMILES string of the molecule is Cc1c(OC[C@@H](C)OS(=O)(=O)O)cn2ncnc(Oc3ccc4[nH]c(CO)cc4c3F)c12. The van der Waals surface area contributed by atoms with Gasteiger partial charge in [-0.15, -0.1) is 0 Å². The number of aryl methyl sites for hydroxylation is 1. The molecule has 0 bridgehead atoms. The largest absolute Gasteiger partial charge is 0.489 e. The van der Waals surface area contributed by atoms with E-state index in [0.717, 1.165) is 0 Å². The molecule has 4 rings (SSSR count). The molecule has 0 spiro atoms. The van der Waals surface area contributed by atoms with Crippen molar-refractivity contribution in [3.63, 3.8) is 0 Å². The predicted octanol–water partition coefficient (Wildman–Crippen LogP) is 2.53. The van der Waals surface area contributed by atoms with Crippen LogP contribution >= 0.6 is 0 Å². The molecule has 3 heterocycles. The van der Waals surface area contributed by atoms with E-state index in [1.165, 1.54) is 36.1 Å². The maximum Gasteiger partial charge on any atom is 0.397 e. The molecule has 13 heteroatoms. The molecule has 170 valence electrons. The number of hydrogen-bond donors (Lipinski definition) is 3. The Morgan fingerprint density at radius 2 is 2.09 bits per heavy atom. The van der Waals surface area contributed by atoms with Gasteiger partial charge in [-0.25, -0.2) is 13.1 Å². The van der Waals surface area contributed by atoms with E-state index in [2.05, 4.69) is 19.2 Å². The van der Waals surface area contributed by atoms with Crippen LogP contribution in [0, 0.1) is 12.7 Å². The van der Waals surface area contributed by atoms with E-state index >= 15 is 0 Å². The first-order valence-electron chi connectivity index (χ1n) is 9.36. The first-order valence-corrected chi connectivity index (χ1v) is 10.7. The standard InChI is InChI=1S/C19H19FN4O7S/c1-10(31-32(26,27)28)8-29-16-6-24-18(11(16)2)19(21-9-22-24)30-15-4-3-14-13(17(15)20)5-12(7-25)23-14/h3-6,9-10,23,25H,7-8H2,1-2H3,(H,26,27,28)/t10-/m1/s1. The van der Waals surface area contributed by atoms with E-state index in [0.29, 0.717) is 28.0 Å². The highest BCUT2D eigenvalue weighted by molar-refractivity contribution is 7.80. The number of aliphatic hydroxyl groups excluding tert-OH is 1. The van der Waals surface area contributed by atoms with Crippen LogP contribution in [0.3, 0.4) is 0 Å². The highest BCUT2D eigenvalue weighted by atomic mass is 32.3. The second-order valence-electron chi connectivity index (χ2n) is 7.02. The van der Waals surface area contributed by atoms with Crippen LogP contribution in [0.5, 0.6) is 17.4 Å². The Kier molecular flexibility index (Phi) is 5.73. The number of fused-ring (bicyclic) bond motifs is 2. The van der Waals surface area contributed by atoms with Gasteiger partial charge in [0.05, 0.1) is 12.8 Å². The second-order valence-corrected chi connectivity index (χ2v) is 8.06. The monoisotopic (exact) mass is 466 g/mol. The van der Waals surface area contributed by atoms with Crippen molar-refractivity contribution in [1.29, 1.82) is 0 Å². The summed E-state index contributed by atoms with van der Waals surface area (Å²) in [4.78, 5) is 7.00. The molecule has 0 aliphatic carbocycles. The summed E-state index contributed by atoms with van der Waals surface area (Å²) in [5.41, 5.74) is 1.96. The Morgan fingerprint density at radius 3 is 2.81 bits per heavy atom. The zero-order valence-corrected chi connectivity index (χ0v) is 17.8. The van der Waals surface area contributed by atoms with Crippen LogP contribution in [0.2, 0.25) is 0 Å². The Balaban J connectivity index is 1.63. The van der Waals surface area contributed by atoms with Crippen LogP contribution in [0.4, 0.5) is 4.39 Å². The fraction of sp³-hybridized carbons (Fsp3) is 0.263. The Morgan fingerprint density at radius 1 is 1.31 bits per heavy atom. The van der Waals surface area contributed by atoms with Gasteiger partial charge in [-0.05, 0) is 32.0 Å². The number of benzene rings is 1. The molecular weight excluding hydrogens is 447 g/mol. The van der Waals surface area contributed by atoms with Gasteiger partial charge in [0.25, 0.3) is 0 Å². The topological polar surface area (TPSA) is 148 Å². The number of nitrogens with zero attached hydrogens (tertiary/aromatic N) is 3. The lowest BCUT2D eigenvalue weighted by atomic mass is 10.2. The molecule has 0 unspecified atom stereocenters. The van der Waals surface area contributed by atoms with Gasteiger partial charge in [0, 0.05) is 22.2 Å². The number of H-pyrrole nitrogens is 1. The van der Waals surface area contributed by atoms with Gasteiger partial charge in [0.1, 0.15) is 30.3 Å². The lowest BCUT2D eigenvalue weighted by Crippen LogP contribution is -2.21. The van der Waals surface area contributed by atoms with Crippen molar-refractivity contribution in [2.45, 2.75) is 26.6 Å². The van der Waals surface area contributed by atoms with E-state index in [4.69, 9.17) is 14.0 Å². The molecule has 0 aliphatic heterocycles. The summed E-state index contributed by atoms with van der Waals surface area (Å²) in [6, 6.07) is 4.57. The first-order chi connectivity index (χ1) is 15.2. The van der Waals surface area contributed by atoms with Crippen LogP contribution in [0.25, 0.3) is 16.4 Å². The van der Waals surface area contributed by atoms with E-state index < -0.39 is 22.3 Å².